The molecule has 0 aliphatic carbocycles. The number of ketones is 2. The van der Waals surface area contributed by atoms with E-state index in [1.54, 1.807) is 11.3 Å². The first-order valence-corrected chi connectivity index (χ1v) is 8.74. The maximum absolute atomic E-state index is 12.5. The maximum atomic E-state index is 12.5. The fourth-order valence-electron chi connectivity index (χ4n) is 2.51. The molecular weight excluding hydrogens is 292 g/mol. The Bertz CT molecular complexity index is 587. The second-order valence-electron chi connectivity index (χ2n) is 5.48. The molecule has 1 aromatic heterocycles. The lowest BCUT2D eigenvalue weighted by Crippen LogP contribution is -2.16. The molecule has 0 radical (unpaired) electrons. The van der Waals surface area contributed by atoms with Crippen molar-refractivity contribution in [2.45, 2.75) is 44.9 Å². The van der Waals surface area contributed by atoms with Crippen LogP contribution in [0.4, 0.5) is 0 Å². The van der Waals surface area contributed by atoms with E-state index >= 15 is 0 Å². The maximum Gasteiger partial charge on any atom is 0.163 e. The van der Waals surface area contributed by atoms with Crippen LogP contribution in [-0.4, -0.2) is 11.6 Å². The first kappa shape index (κ1) is 16.6. The van der Waals surface area contributed by atoms with Gasteiger partial charge >= 0.3 is 0 Å². The molecule has 0 fully saturated rings. The van der Waals surface area contributed by atoms with Gasteiger partial charge in [0.05, 0.1) is 5.92 Å². The Labute approximate surface area is 136 Å². The Morgan fingerprint density at radius 2 is 1.82 bits per heavy atom. The van der Waals surface area contributed by atoms with Crippen LogP contribution in [0.1, 0.15) is 60.2 Å². The van der Waals surface area contributed by atoms with Gasteiger partial charge in [-0.15, -0.1) is 11.3 Å². The number of rotatable bonds is 9. The Kier molecular flexibility index (Phi) is 6.53. The number of thiophene rings is 1. The van der Waals surface area contributed by atoms with E-state index in [0.29, 0.717) is 12.0 Å². The highest BCUT2D eigenvalue weighted by molar-refractivity contribution is 7.10. The topological polar surface area (TPSA) is 34.1 Å². The monoisotopic (exact) mass is 314 g/mol. The first-order chi connectivity index (χ1) is 10.7. The highest BCUT2D eigenvalue weighted by Crippen LogP contribution is 2.28. The van der Waals surface area contributed by atoms with Crippen molar-refractivity contribution in [3.63, 3.8) is 0 Å². The number of hydrogen-bond acceptors (Lipinski definition) is 3. The molecule has 1 aromatic carbocycles. The summed E-state index contributed by atoms with van der Waals surface area (Å²) in [6, 6.07) is 13.1. The van der Waals surface area contributed by atoms with Crippen molar-refractivity contribution in [1.82, 2.24) is 0 Å². The molecule has 0 bridgehead atoms. The summed E-state index contributed by atoms with van der Waals surface area (Å²) in [5.41, 5.74) is 0.686. The second-order valence-corrected chi connectivity index (χ2v) is 6.46. The van der Waals surface area contributed by atoms with Gasteiger partial charge in [-0.05, 0) is 17.9 Å². The van der Waals surface area contributed by atoms with Crippen molar-refractivity contribution in [2.75, 3.05) is 0 Å². The molecule has 22 heavy (non-hydrogen) atoms. The number of carbonyl (C=O) groups excluding carboxylic acids is 2. The summed E-state index contributed by atoms with van der Waals surface area (Å²) < 4.78 is 0. The van der Waals surface area contributed by atoms with Crippen LogP contribution in [-0.2, 0) is 4.79 Å². The van der Waals surface area contributed by atoms with Gasteiger partial charge in [0.25, 0.3) is 0 Å². The van der Waals surface area contributed by atoms with E-state index in [9.17, 15) is 9.59 Å². The number of hydrogen-bond donors (Lipinski definition) is 0. The van der Waals surface area contributed by atoms with Gasteiger partial charge in [-0.1, -0.05) is 56.2 Å². The molecule has 2 rings (SSSR count). The van der Waals surface area contributed by atoms with Gasteiger partial charge in [-0.3, -0.25) is 9.59 Å². The highest BCUT2D eigenvalue weighted by atomic mass is 32.1. The predicted molar refractivity (Wildman–Crippen MR) is 91.6 cm³/mol. The minimum Gasteiger partial charge on any atom is -0.299 e. The molecule has 116 valence electrons. The molecule has 3 heteroatoms. The Morgan fingerprint density at radius 3 is 2.45 bits per heavy atom. The van der Waals surface area contributed by atoms with Gasteiger partial charge in [-0.2, -0.15) is 0 Å². The van der Waals surface area contributed by atoms with Crippen molar-refractivity contribution in [1.29, 1.82) is 0 Å². The van der Waals surface area contributed by atoms with E-state index in [0.717, 1.165) is 24.1 Å². The van der Waals surface area contributed by atoms with Crippen molar-refractivity contribution in [2.24, 2.45) is 0 Å². The highest BCUT2D eigenvalue weighted by Gasteiger charge is 2.24. The predicted octanol–water partition coefficient (Wildman–Crippen LogP) is 5.25. The molecule has 0 saturated heterocycles. The smallest absolute Gasteiger partial charge is 0.163 e. The number of unbranched alkanes of at least 4 members (excludes halogenated alkanes) is 2. The fraction of sp³-hybridized carbons (Fsp3) is 0.368. The van der Waals surface area contributed by atoms with Crippen LogP contribution in [0.15, 0.2) is 47.8 Å². The number of benzene rings is 1. The lowest BCUT2D eigenvalue weighted by atomic mass is 9.90. The third kappa shape index (κ3) is 4.63. The van der Waals surface area contributed by atoms with Gasteiger partial charge in [0.15, 0.2) is 5.78 Å². The van der Waals surface area contributed by atoms with Gasteiger partial charge in [-0.25, -0.2) is 0 Å². The van der Waals surface area contributed by atoms with Crippen molar-refractivity contribution in [3.05, 3.63) is 58.3 Å². The van der Waals surface area contributed by atoms with E-state index in [4.69, 9.17) is 0 Å². The van der Waals surface area contributed by atoms with Crippen molar-refractivity contribution >= 4 is 22.9 Å². The summed E-state index contributed by atoms with van der Waals surface area (Å²) in [5, 5.41) is 1.97. The molecule has 1 atom stereocenters. The summed E-state index contributed by atoms with van der Waals surface area (Å²) >= 11 is 1.56. The van der Waals surface area contributed by atoms with Crippen LogP contribution in [0.5, 0.6) is 0 Å². The van der Waals surface area contributed by atoms with Crippen molar-refractivity contribution < 1.29 is 9.59 Å². The molecule has 0 aliphatic heterocycles. The minimum absolute atomic E-state index is 0.0443. The summed E-state index contributed by atoms with van der Waals surface area (Å²) in [6.45, 7) is 2.13. The largest absolute Gasteiger partial charge is 0.299 e. The fourth-order valence-corrected chi connectivity index (χ4v) is 3.36. The van der Waals surface area contributed by atoms with Crippen LogP contribution >= 0.6 is 11.3 Å². The van der Waals surface area contributed by atoms with Crippen LogP contribution in [0.2, 0.25) is 0 Å². The Hall–Kier alpha value is -1.74. The zero-order valence-corrected chi connectivity index (χ0v) is 13.8. The molecule has 0 spiro atoms. The van der Waals surface area contributed by atoms with E-state index in [2.05, 4.69) is 6.92 Å². The van der Waals surface area contributed by atoms with Gasteiger partial charge in [0.2, 0.25) is 0 Å². The van der Waals surface area contributed by atoms with Crippen molar-refractivity contribution in [3.8, 4) is 0 Å². The third-order valence-electron chi connectivity index (χ3n) is 3.79. The third-order valence-corrected chi connectivity index (χ3v) is 4.77. The molecule has 1 unspecified atom stereocenters. The molecule has 2 nitrogen and oxygen atoms in total. The van der Waals surface area contributed by atoms with E-state index in [-0.39, 0.29) is 23.9 Å². The summed E-state index contributed by atoms with van der Waals surface area (Å²) in [5.74, 6) is -0.0485. The number of carbonyl (C=O) groups is 2. The van der Waals surface area contributed by atoms with Crippen LogP contribution in [0, 0.1) is 0 Å². The average Bonchev–Trinajstić information content (AvgIpc) is 3.07. The molecule has 0 saturated carbocycles. The first-order valence-electron chi connectivity index (χ1n) is 7.86. The Morgan fingerprint density at radius 1 is 1.05 bits per heavy atom. The SMILES string of the molecule is CCCCCC(=O)C(CC(=O)c1ccccc1)c1cccs1. The van der Waals surface area contributed by atoms with Gasteiger partial charge in [0.1, 0.15) is 5.78 Å². The number of Topliss-reactive ketones (excluding diaryl/α,β-unsaturated/α-hetero) is 2. The lowest BCUT2D eigenvalue weighted by Gasteiger charge is -2.14. The zero-order valence-electron chi connectivity index (χ0n) is 13.0. The lowest BCUT2D eigenvalue weighted by molar-refractivity contribution is -0.120. The van der Waals surface area contributed by atoms with E-state index in [1.807, 2.05) is 47.8 Å². The summed E-state index contributed by atoms with van der Waals surface area (Å²) in [6.07, 6.45) is 3.92. The standard InChI is InChI=1S/C19H22O2S/c1-2-3-5-11-17(20)16(19-12-8-13-22-19)14-18(21)15-9-6-4-7-10-15/h4,6-10,12-13,16H,2-3,5,11,14H2,1H3. The second kappa shape index (κ2) is 8.64. The van der Waals surface area contributed by atoms with E-state index in [1.165, 1.54) is 0 Å². The van der Waals surface area contributed by atoms with Gasteiger partial charge in [0, 0.05) is 23.3 Å². The molecule has 2 aromatic rings. The summed E-state index contributed by atoms with van der Waals surface area (Å²) in [4.78, 5) is 26.0. The van der Waals surface area contributed by atoms with Crippen LogP contribution in [0.3, 0.4) is 0 Å². The average molecular weight is 314 g/mol. The normalized spacial score (nSPS) is 12.0. The minimum atomic E-state index is -0.287. The Balaban J connectivity index is 2.08. The molecule has 0 N–H and O–H groups in total. The molecule has 0 amide bonds. The summed E-state index contributed by atoms with van der Waals surface area (Å²) in [7, 11) is 0. The molecule has 1 heterocycles. The molecular formula is C19H22O2S. The zero-order chi connectivity index (χ0) is 15.8. The van der Waals surface area contributed by atoms with E-state index < -0.39 is 0 Å². The van der Waals surface area contributed by atoms with Crippen LogP contribution in [0.25, 0.3) is 0 Å². The molecule has 0 aliphatic rings. The van der Waals surface area contributed by atoms with Gasteiger partial charge < -0.3 is 0 Å². The quantitative estimate of drug-likeness (QED) is 0.467. The van der Waals surface area contributed by atoms with Crippen LogP contribution < -0.4 is 0 Å².